The van der Waals surface area contributed by atoms with Crippen LogP contribution in [0, 0.1) is 17.8 Å². The monoisotopic (exact) mass is 266 g/mol. The predicted octanol–water partition coefficient (Wildman–Crippen LogP) is 6.98. The maximum Gasteiger partial charge on any atom is -0.0414 e. The Balaban J connectivity index is 2.23. The molecule has 2 atom stereocenters. The van der Waals surface area contributed by atoms with E-state index in [1.54, 1.807) is 0 Å². The molecule has 0 N–H and O–H groups in total. The van der Waals surface area contributed by atoms with Crippen molar-refractivity contribution in [2.24, 2.45) is 17.8 Å². The summed E-state index contributed by atoms with van der Waals surface area (Å²) in [6, 6.07) is 0. The Hall–Kier alpha value is 0. The highest BCUT2D eigenvalue weighted by atomic mass is 14.2. The van der Waals surface area contributed by atoms with E-state index in [0.717, 1.165) is 17.8 Å². The minimum Gasteiger partial charge on any atom is -0.0654 e. The molecule has 1 rings (SSSR count). The molecule has 0 aromatic carbocycles. The maximum atomic E-state index is 2.42. The van der Waals surface area contributed by atoms with Crippen molar-refractivity contribution in [1.29, 1.82) is 0 Å². The summed E-state index contributed by atoms with van der Waals surface area (Å²) in [7, 11) is 0. The molecule has 1 fully saturated rings. The first kappa shape index (κ1) is 17.1. The van der Waals surface area contributed by atoms with E-state index in [1.165, 1.54) is 83.5 Å². The SMILES string of the molecule is CCCC(CCC(C)CC)CCC1CCCCCC1. The molecule has 0 aliphatic heterocycles. The molecular formula is C19H38. The van der Waals surface area contributed by atoms with Gasteiger partial charge in [0.25, 0.3) is 0 Å². The van der Waals surface area contributed by atoms with Crippen molar-refractivity contribution < 1.29 is 0 Å². The summed E-state index contributed by atoms with van der Waals surface area (Å²) in [4.78, 5) is 0. The lowest BCUT2D eigenvalue weighted by Gasteiger charge is -2.21. The van der Waals surface area contributed by atoms with Gasteiger partial charge in [-0.2, -0.15) is 0 Å². The molecule has 0 nitrogen and oxygen atoms in total. The van der Waals surface area contributed by atoms with E-state index in [9.17, 15) is 0 Å². The van der Waals surface area contributed by atoms with Gasteiger partial charge in [0, 0.05) is 0 Å². The highest BCUT2D eigenvalue weighted by molar-refractivity contribution is 4.68. The van der Waals surface area contributed by atoms with Gasteiger partial charge in [0.05, 0.1) is 0 Å². The first-order valence-electron chi connectivity index (χ1n) is 9.26. The van der Waals surface area contributed by atoms with Gasteiger partial charge in [-0.05, 0) is 17.8 Å². The highest BCUT2D eigenvalue weighted by Gasteiger charge is 2.15. The Kier molecular flexibility index (Phi) is 9.65. The Labute approximate surface area is 122 Å². The lowest BCUT2D eigenvalue weighted by atomic mass is 9.85. The molecule has 2 unspecified atom stereocenters. The summed E-state index contributed by atoms with van der Waals surface area (Å²) in [5, 5.41) is 0. The van der Waals surface area contributed by atoms with E-state index < -0.39 is 0 Å². The van der Waals surface area contributed by atoms with Gasteiger partial charge in [-0.3, -0.25) is 0 Å². The molecule has 0 aromatic heterocycles. The summed E-state index contributed by atoms with van der Waals surface area (Å²) < 4.78 is 0. The molecule has 114 valence electrons. The summed E-state index contributed by atoms with van der Waals surface area (Å²) >= 11 is 0. The van der Waals surface area contributed by atoms with Crippen molar-refractivity contribution in [3.63, 3.8) is 0 Å². The third-order valence-electron chi connectivity index (χ3n) is 5.42. The summed E-state index contributed by atoms with van der Waals surface area (Å²) in [5.41, 5.74) is 0. The molecule has 0 bridgehead atoms. The van der Waals surface area contributed by atoms with Crippen molar-refractivity contribution in [3.05, 3.63) is 0 Å². The minimum atomic E-state index is 0.942. The van der Waals surface area contributed by atoms with Crippen LogP contribution in [0.15, 0.2) is 0 Å². The van der Waals surface area contributed by atoms with Crippen LogP contribution in [0.25, 0.3) is 0 Å². The van der Waals surface area contributed by atoms with Gasteiger partial charge in [-0.1, -0.05) is 104 Å². The third kappa shape index (κ3) is 8.00. The van der Waals surface area contributed by atoms with Crippen LogP contribution < -0.4 is 0 Å². The first-order chi connectivity index (χ1) is 9.26. The van der Waals surface area contributed by atoms with E-state index in [1.807, 2.05) is 0 Å². The smallest absolute Gasteiger partial charge is 0.0414 e. The van der Waals surface area contributed by atoms with Gasteiger partial charge < -0.3 is 0 Å². The zero-order valence-corrected chi connectivity index (χ0v) is 13.9. The van der Waals surface area contributed by atoms with Crippen molar-refractivity contribution in [3.8, 4) is 0 Å². The van der Waals surface area contributed by atoms with Crippen molar-refractivity contribution in [2.45, 2.75) is 104 Å². The van der Waals surface area contributed by atoms with Crippen molar-refractivity contribution >= 4 is 0 Å². The third-order valence-corrected chi connectivity index (χ3v) is 5.42. The van der Waals surface area contributed by atoms with E-state index in [2.05, 4.69) is 20.8 Å². The fraction of sp³-hybridized carbons (Fsp3) is 1.00. The second-order valence-corrected chi connectivity index (χ2v) is 7.18. The maximum absolute atomic E-state index is 2.42. The van der Waals surface area contributed by atoms with Gasteiger partial charge in [-0.25, -0.2) is 0 Å². The van der Waals surface area contributed by atoms with Crippen LogP contribution in [0.4, 0.5) is 0 Å². The van der Waals surface area contributed by atoms with Crippen LogP contribution in [0.3, 0.4) is 0 Å². The first-order valence-corrected chi connectivity index (χ1v) is 9.26. The fourth-order valence-electron chi connectivity index (χ4n) is 3.69. The van der Waals surface area contributed by atoms with Crippen LogP contribution in [0.5, 0.6) is 0 Å². The standard InChI is InChI=1S/C19H38/c1-4-10-18(14-13-17(3)5-2)15-16-19-11-8-6-7-9-12-19/h17-19H,4-16H2,1-3H3. The molecule has 0 amide bonds. The summed E-state index contributed by atoms with van der Waals surface area (Å²) in [5.74, 6) is 3.05. The molecule has 1 aliphatic rings. The van der Waals surface area contributed by atoms with Crippen molar-refractivity contribution in [1.82, 2.24) is 0 Å². The van der Waals surface area contributed by atoms with E-state index in [-0.39, 0.29) is 0 Å². The van der Waals surface area contributed by atoms with Crippen LogP contribution >= 0.6 is 0 Å². The van der Waals surface area contributed by atoms with Gasteiger partial charge in [0.15, 0.2) is 0 Å². The average molecular weight is 267 g/mol. The molecule has 1 aliphatic carbocycles. The normalized spacial score (nSPS) is 21.0. The Morgan fingerprint density at radius 1 is 0.842 bits per heavy atom. The van der Waals surface area contributed by atoms with E-state index in [0.29, 0.717) is 0 Å². The molecule has 0 heterocycles. The second kappa shape index (κ2) is 10.7. The van der Waals surface area contributed by atoms with Gasteiger partial charge in [-0.15, -0.1) is 0 Å². The summed E-state index contributed by atoms with van der Waals surface area (Å²) in [6.07, 6.45) is 19.3. The lowest BCUT2D eigenvalue weighted by molar-refractivity contribution is 0.315. The van der Waals surface area contributed by atoms with Gasteiger partial charge in [0.2, 0.25) is 0 Å². The number of rotatable bonds is 9. The lowest BCUT2D eigenvalue weighted by Crippen LogP contribution is -2.07. The van der Waals surface area contributed by atoms with E-state index >= 15 is 0 Å². The fourth-order valence-corrected chi connectivity index (χ4v) is 3.69. The van der Waals surface area contributed by atoms with E-state index in [4.69, 9.17) is 0 Å². The minimum absolute atomic E-state index is 0.942. The second-order valence-electron chi connectivity index (χ2n) is 7.18. The predicted molar refractivity (Wildman–Crippen MR) is 87.5 cm³/mol. The van der Waals surface area contributed by atoms with Crippen LogP contribution in [0.1, 0.15) is 104 Å². The molecule has 0 aromatic rings. The topological polar surface area (TPSA) is 0 Å². The number of hydrogen-bond acceptors (Lipinski definition) is 0. The van der Waals surface area contributed by atoms with Crippen molar-refractivity contribution in [2.75, 3.05) is 0 Å². The molecule has 0 heteroatoms. The Bertz CT molecular complexity index is 188. The largest absolute Gasteiger partial charge is 0.0654 e. The van der Waals surface area contributed by atoms with Crippen LogP contribution in [-0.4, -0.2) is 0 Å². The molecule has 1 saturated carbocycles. The molecule has 0 saturated heterocycles. The molecule has 0 radical (unpaired) electrons. The average Bonchev–Trinajstić information content (AvgIpc) is 2.70. The van der Waals surface area contributed by atoms with Gasteiger partial charge >= 0.3 is 0 Å². The molecule has 0 spiro atoms. The highest BCUT2D eigenvalue weighted by Crippen LogP contribution is 2.30. The molecular weight excluding hydrogens is 228 g/mol. The zero-order valence-electron chi connectivity index (χ0n) is 13.9. The Morgan fingerprint density at radius 2 is 1.53 bits per heavy atom. The molecule has 19 heavy (non-hydrogen) atoms. The number of hydrogen-bond donors (Lipinski definition) is 0. The summed E-state index contributed by atoms with van der Waals surface area (Å²) in [6.45, 7) is 7.13. The zero-order chi connectivity index (χ0) is 13.9. The van der Waals surface area contributed by atoms with Gasteiger partial charge in [0.1, 0.15) is 0 Å². The van der Waals surface area contributed by atoms with Crippen LogP contribution in [-0.2, 0) is 0 Å². The van der Waals surface area contributed by atoms with Crippen LogP contribution in [0.2, 0.25) is 0 Å². The Morgan fingerprint density at radius 3 is 2.11 bits per heavy atom. The quantitative estimate of drug-likeness (QED) is 0.395.